The summed E-state index contributed by atoms with van der Waals surface area (Å²) in [6.07, 6.45) is 4.73. The number of aliphatic hydroxyl groups is 1. The van der Waals surface area contributed by atoms with Gasteiger partial charge < -0.3 is 24.5 Å². The van der Waals surface area contributed by atoms with Gasteiger partial charge in [0.1, 0.15) is 11.6 Å². The van der Waals surface area contributed by atoms with Gasteiger partial charge in [-0.3, -0.25) is 14.4 Å². The van der Waals surface area contributed by atoms with Crippen LogP contribution in [0.3, 0.4) is 0 Å². The van der Waals surface area contributed by atoms with E-state index in [-0.39, 0.29) is 37.4 Å². The number of ether oxygens (including phenoxy) is 1. The Kier molecular flexibility index (Phi) is 8.34. The Bertz CT molecular complexity index is 1380. The van der Waals surface area contributed by atoms with Crippen LogP contribution < -0.4 is 9.80 Å². The first kappa shape index (κ1) is 30.0. The van der Waals surface area contributed by atoms with Crippen molar-refractivity contribution < 1.29 is 24.2 Å². The van der Waals surface area contributed by atoms with Gasteiger partial charge >= 0.3 is 0 Å². The van der Waals surface area contributed by atoms with Gasteiger partial charge in [0.05, 0.1) is 40.8 Å². The van der Waals surface area contributed by atoms with E-state index < -0.39 is 35.1 Å². The van der Waals surface area contributed by atoms with Gasteiger partial charge in [0.25, 0.3) is 5.91 Å². The smallest absolute Gasteiger partial charge is 0.253 e. The Morgan fingerprint density at radius 3 is 2.33 bits per heavy atom. The van der Waals surface area contributed by atoms with Gasteiger partial charge in [-0.15, -0.1) is 13.2 Å². The molecule has 3 aliphatic rings. The van der Waals surface area contributed by atoms with E-state index in [0.717, 1.165) is 0 Å². The second kappa shape index (κ2) is 11.7. The van der Waals surface area contributed by atoms with Gasteiger partial charge in [0, 0.05) is 18.8 Å². The van der Waals surface area contributed by atoms with Crippen molar-refractivity contribution in [2.45, 2.75) is 56.4 Å². The molecule has 42 heavy (non-hydrogen) atoms. The fourth-order valence-corrected chi connectivity index (χ4v) is 7.59. The lowest BCUT2D eigenvalue weighted by Crippen LogP contribution is -2.58. The number of carbonyl (C=O) groups is 3. The van der Waals surface area contributed by atoms with E-state index in [9.17, 15) is 19.5 Å². The predicted octanol–water partition coefficient (Wildman–Crippen LogP) is 4.61. The molecular weight excluding hydrogens is 554 g/mol. The number of fused-ring (bicyclic) bond motifs is 1. The van der Waals surface area contributed by atoms with Gasteiger partial charge in [-0.1, -0.05) is 61.0 Å². The van der Waals surface area contributed by atoms with Crippen LogP contribution in [-0.2, 0) is 19.1 Å². The van der Waals surface area contributed by atoms with Crippen LogP contribution in [0.1, 0.15) is 33.1 Å². The third-order valence-corrected chi connectivity index (χ3v) is 9.54. The summed E-state index contributed by atoms with van der Waals surface area (Å²) in [5, 5.41) is 10.6. The molecule has 3 fully saturated rings. The van der Waals surface area contributed by atoms with E-state index in [1.54, 1.807) is 48.2 Å². The third-order valence-electron chi connectivity index (χ3n) is 9.22. The van der Waals surface area contributed by atoms with E-state index in [2.05, 4.69) is 13.2 Å². The van der Waals surface area contributed by atoms with Crippen molar-refractivity contribution in [1.82, 2.24) is 4.90 Å². The lowest BCUT2D eigenvalue weighted by molar-refractivity contribution is -0.149. The molecule has 0 aliphatic carbocycles. The zero-order valence-corrected chi connectivity index (χ0v) is 24.9. The van der Waals surface area contributed by atoms with Crippen molar-refractivity contribution in [2.75, 3.05) is 29.5 Å². The van der Waals surface area contributed by atoms with Crippen molar-refractivity contribution in [1.29, 1.82) is 0 Å². The number of rotatable bonds is 11. The van der Waals surface area contributed by atoms with Gasteiger partial charge in [0.15, 0.2) is 0 Å². The fourth-order valence-electron chi connectivity index (χ4n) is 7.35. The first-order chi connectivity index (χ1) is 20.2. The summed E-state index contributed by atoms with van der Waals surface area (Å²) in [6, 6.07) is 14.6. The summed E-state index contributed by atoms with van der Waals surface area (Å²) in [5.74, 6) is -2.68. The van der Waals surface area contributed by atoms with Crippen LogP contribution in [0.15, 0.2) is 79.9 Å². The molecule has 3 amide bonds. The van der Waals surface area contributed by atoms with Crippen molar-refractivity contribution in [3.63, 3.8) is 0 Å². The van der Waals surface area contributed by atoms with E-state index in [0.29, 0.717) is 35.7 Å². The summed E-state index contributed by atoms with van der Waals surface area (Å²) in [4.78, 5) is 48.3. The maximum absolute atomic E-state index is 14.7. The number of carbonyl (C=O) groups excluding carboxylic acids is 3. The van der Waals surface area contributed by atoms with Crippen LogP contribution in [0.4, 0.5) is 11.4 Å². The normalized spacial score (nSPS) is 28.3. The first-order valence-electron chi connectivity index (χ1n) is 14.5. The number of anilines is 2. The molecule has 2 bridgehead atoms. The minimum atomic E-state index is -1.24. The molecule has 1 spiro atoms. The SMILES string of the molecule is C=CCN(C(=O)[C@@H]1[C@H]2C(=O)N([C@H](C)CO)C(C(=O)N(CC=C)c3ccccc3Cl)C23CC[C@@]1(CC)O3)c1ccccc1. The van der Waals surface area contributed by atoms with Crippen LogP contribution in [0.25, 0.3) is 0 Å². The zero-order valence-electron chi connectivity index (χ0n) is 24.1. The summed E-state index contributed by atoms with van der Waals surface area (Å²) >= 11 is 6.54. The van der Waals surface area contributed by atoms with Crippen LogP contribution in [-0.4, -0.2) is 70.7 Å². The molecule has 0 saturated carbocycles. The van der Waals surface area contributed by atoms with Crippen molar-refractivity contribution in [3.05, 3.63) is 84.9 Å². The second-order valence-electron chi connectivity index (χ2n) is 11.4. The molecular formula is C33H38ClN3O5. The van der Waals surface area contributed by atoms with E-state index in [1.807, 2.05) is 37.3 Å². The predicted molar refractivity (Wildman–Crippen MR) is 163 cm³/mol. The molecule has 222 valence electrons. The minimum Gasteiger partial charge on any atom is -0.394 e. The van der Waals surface area contributed by atoms with Crippen LogP contribution in [0.2, 0.25) is 5.02 Å². The Morgan fingerprint density at radius 2 is 1.71 bits per heavy atom. The molecule has 6 atom stereocenters. The monoisotopic (exact) mass is 591 g/mol. The first-order valence-corrected chi connectivity index (χ1v) is 14.9. The highest BCUT2D eigenvalue weighted by atomic mass is 35.5. The number of likely N-dealkylation sites (tertiary alicyclic amines) is 1. The summed E-state index contributed by atoms with van der Waals surface area (Å²) < 4.78 is 6.92. The molecule has 8 nitrogen and oxygen atoms in total. The van der Waals surface area contributed by atoms with Crippen molar-refractivity contribution in [2.24, 2.45) is 11.8 Å². The van der Waals surface area contributed by atoms with Crippen molar-refractivity contribution >= 4 is 40.7 Å². The number of aliphatic hydroxyl groups excluding tert-OH is 1. The lowest BCUT2D eigenvalue weighted by Gasteiger charge is -2.39. The van der Waals surface area contributed by atoms with Crippen LogP contribution in [0, 0.1) is 11.8 Å². The summed E-state index contributed by atoms with van der Waals surface area (Å²) in [7, 11) is 0. The van der Waals surface area contributed by atoms with E-state index >= 15 is 0 Å². The largest absolute Gasteiger partial charge is 0.394 e. The van der Waals surface area contributed by atoms with Gasteiger partial charge in [-0.25, -0.2) is 0 Å². The molecule has 9 heteroatoms. The number of nitrogens with zero attached hydrogens (tertiary/aromatic N) is 3. The summed E-state index contributed by atoms with van der Waals surface area (Å²) in [6.45, 7) is 11.4. The number of hydrogen-bond acceptors (Lipinski definition) is 5. The molecule has 5 rings (SSSR count). The van der Waals surface area contributed by atoms with Crippen LogP contribution >= 0.6 is 11.6 Å². The maximum atomic E-state index is 14.7. The second-order valence-corrected chi connectivity index (χ2v) is 11.8. The van der Waals surface area contributed by atoms with Gasteiger partial charge in [0.2, 0.25) is 11.8 Å². The highest BCUT2D eigenvalue weighted by Crippen LogP contribution is 2.65. The highest BCUT2D eigenvalue weighted by Gasteiger charge is 2.79. The average molecular weight is 592 g/mol. The minimum absolute atomic E-state index is 0.151. The summed E-state index contributed by atoms with van der Waals surface area (Å²) in [5.41, 5.74) is -0.975. The molecule has 0 aromatic heterocycles. The Morgan fingerprint density at radius 1 is 1.07 bits per heavy atom. The Hall–Kier alpha value is -3.46. The fraction of sp³-hybridized carbons (Fsp3) is 0.424. The number of hydrogen-bond donors (Lipinski definition) is 1. The van der Waals surface area contributed by atoms with Gasteiger partial charge in [-0.05, 0) is 50.5 Å². The molecule has 3 heterocycles. The quantitative estimate of drug-likeness (QED) is 0.385. The van der Waals surface area contributed by atoms with Crippen molar-refractivity contribution in [3.8, 4) is 0 Å². The number of benzene rings is 2. The molecule has 3 saturated heterocycles. The van der Waals surface area contributed by atoms with Crippen LogP contribution in [0.5, 0.6) is 0 Å². The van der Waals surface area contributed by atoms with E-state index in [1.165, 1.54) is 9.80 Å². The Balaban J connectivity index is 1.64. The molecule has 2 unspecified atom stereocenters. The van der Waals surface area contributed by atoms with Gasteiger partial charge in [-0.2, -0.15) is 0 Å². The number of para-hydroxylation sites is 2. The average Bonchev–Trinajstić information content (AvgIpc) is 3.62. The molecule has 0 radical (unpaired) electrons. The number of amides is 3. The Labute approximate surface area is 252 Å². The van der Waals surface area contributed by atoms with E-state index in [4.69, 9.17) is 16.3 Å². The third kappa shape index (κ3) is 4.48. The molecule has 3 aliphatic heterocycles. The standard InChI is InChI=1S/C33H38ClN3O5/c1-5-19-35(23-13-9-8-10-14-23)29(39)26-27-30(40)37(22(4)21-38)28(33(27)18-17-32(26,7-3)42-33)31(41)36(20-6-2)25-16-12-11-15-24(25)34/h5-6,8-16,22,26-28,38H,1-2,7,17-21H2,3-4H3/t22-,26+,27+,28?,32-,33?/m1/s1. The highest BCUT2D eigenvalue weighted by molar-refractivity contribution is 6.34. The topological polar surface area (TPSA) is 90.4 Å². The lowest BCUT2D eigenvalue weighted by atomic mass is 9.64. The molecule has 2 aromatic rings. The molecule has 1 N–H and O–H groups in total. The zero-order chi connectivity index (χ0) is 30.2. The number of halogens is 1. The maximum Gasteiger partial charge on any atom is 0.253 e. The molecule has 2 aromatic carbocycles.